The molecule has 0 spiro atoms. The summed E-state index contributed by atoms with van der Waals surface area (Å²) in [5.74, 6) is 1.19. The molecule has 1 rings (SSSR count). The van der Waals surface area contributed by atoms with Crippen molar-refractivity contribution in [3.63, 3.8) is 0 Å². The minimum Gasteiger partial charge on any atom is -0.493 e. The molecule has 4 heteroatoms. The molecule has 0 fully saturated rings. The van der Waals surface area contributed by atoms with Gasteiger partial charge in [0.1, 0.15) is 0 Å². The molecule has 0 saturated heterocycles. The van der Waals surface area contributed by atoms with Crippen molar-refractivity contribution >= 4 is 0 Å². The lowest BCUT2D eigenvalue weighted by Crippen LogP contribution is -2.01. The molecule has 0 aromatic heterocycles. The van der Waals surface area contributed by atoms with Gasteiger partial charge in [-0.05, 0) is 24.6 Å². The van der Waals surface area contributed by atoms with Crippen LogP contribution in [0, 0.1) is 0 Å². The smallest absolute Gasteiger partial charge is 0.188 e. The fraction of sp³-hybridized carbons (Fsp3) is 0.455. The first kappa shape index (κ1) is 11.8. The highest BCUT2D eigenvalue weighted by molar-refractivity contribution is 5.43. The summed E-state index contributed by atoms with van der Waals surface area (Å²) in [6.07, 6.45) is -0.518. The maximum Gasteiger partial charge on any atom is 0.188 e. The van der Waals surface area contributed by atoms with Gasteiger partial charge >= 0.3 is 0 Å². The minimum atomic E-state index is -0.518. The molecule has 0 radical (unpaired) electrons. The maximum atomic E-state index is 9.39. The Morgan fingerprint density at radius 1 is 1.27 bits per heavy atom. The van der Waals surface area contributed by atoms with Gasteiger partial charge < -0.3 is 19.3 Å². The van der Waals surface area contributed by atoms with Crippen LogP contribution in [-0.4, -0.2) is 26.1 Å². The molecule has 0 aliphatic heterocycles. The lowest BCUT2D eigenvalue weighted by molar-refractivity contribution is 0.0491. The summed E-state index contributed by atoms with van der Waals surface area (Å²) in [6, 6.07) is 5.29. The third-order valence-corrected chi connectivity index (χ3v) is 2.00. The number of aliphatic hydroxyl groups is 1. The van der Waals surface area contributed by atoms with Gasteiger partial charge in [0.05, 0.1) is 13.2 Å². The van der Waals surface area contributed by atoms with Crippen LogP contribution in [0.3, 0.4) is 0 Å². The minimum absolute atomic E-state index is 0.171. The molecule has 1 N–H and O–H groups in total. The summed E-state index contributed by atoms with van der Waals surface area (Å²) in [5, 5.41) is 9.39. The average Bonchev–Trinajstić information content (AvgIpc) is 2.25. The summed E-state index contributed by atoms with van der Waals surface area (Å²) in [5.41, 5.74) is 0.789. The number of benzene rings is 1. The van der Waals surface area contributed by atoms with E-state index in [4.69, 9.17) is 14.2 Å². The van der Waals surface area contributed by atoms with Gasteiger partial charge in [-0.1, -0.05) is 6.07 Å². The zero-order chi connectivity index (χ0) is 11.3. The van der Waals surface area contributed by atoms with Crippen LogP contribution in [0.2, 0.25) is 0 Å². The fourth-order valence-corrected chi connectivity index (χ4v) is 1.19. The Bertz CT molecular complexity index is 309. The molecule has 0 heterocycles. The number of ether oxygens (including phenoxy) is 3. The Hall–Kier alpha value is -1.26. The third kappa shape index (κ3) is 3.11. The van der Waals surface area contributed by atoms with Gasteiger partial charge in [-0.2, -0.15) is 0 Å². The van der Waals surface area contributed by atoms with Crippen LogP contribution in [0.5, 0.6) is 11.5 Å². The Kier molecular flexibility index (Phi) is 4.39. The summed E-state index contributed by atoms with van der Waals surface area (Å²) in [6.45, 7) is 1.87. The van der Waals surface area contributed by atoms with Crippen molar-refractivity contribution in [1.29, 1.82) is 0 Å². The highest BCUT2D eigenvalue weighted by atomic mass is 16.7. The first-order valence-corrected chi connectivity index (χ1v) is 4.66. The highest BCUT2D eigenvalue weighted by Crippen LogP contribution is 2.30. The predicted octanol–water partition coefficient (Wildman–Crippen LogP) is 1.73. The number of hydrogen-bond donors (Lipinski definition) is 1. The van der Waals surface area contributed by atoms with Crippen LogP contribution in [0.1, 0.15) is 18.6 Å². The lowest BCUT2D eigenvalue weighted by atomic mass is 10.1. The van der Waals surface area contributed by atoms with E-state index in [2.05, 4.69) is 0 Å². The quantitative estimate of drug-likeness (QED) is 0.755. The standard InChI is InChI=1S/C11H16O4/c1-8(12)9-4-5-10(15-7-13-2)11(6-9)14-3/h4-6,8,12H,7H2,1-3H3/t8-/m1/s1. The Labute approximate surface area is 89.4 Å². The predicted molar refractivity (Wildman–Crippen MR) is 56.1 cm³/mol. The van der Waals surface area contributed by atoms with E-state index in [9.17, 15) is 5.11 Å². The zero-order valence-electron chi connectivity index (χ0n) is 9.19. The lowest BCUT2D eigenvalue weighted by Gasteiger charge is -2.12. The zero-order valence-corrected chi connectivity index (χ0v) is 9.19. The van der Waals surface area contributed by atoms with Gasteiger partial charge in [0, 0.05) is 7.11 Å². The fourth-order valence-electron chi connectivity index (χ4n) is 1.19. The second kappa shape index (κ2) is 5.58. The topological polar surface area (TPSA) is 47.9 Å². The Balaban J connectivity index is 2.88. The molecule has 0 unspecified atom stereocenters. The number of rotatable bonds is 5. The van der Waals surface area contributed by atoms with E-state index in [-0.39, 0.29) is 6.79 Å². The van der Waals surface area contributed by atoms with Gasteiger partial charge in [-0.3, -0.25) is 0 Å². The van der Waals surface area contributed by atoms with Gasteiger partial charge in [-0.25, -0.2) is 0 Å². The third-order valence-electron chi connectivity index (χ3n) is 2.00. The van der Waals surface area contributed by atoms with E-state index < -0.39 is 6.10 Å². The van der Waals surface area contributed by atoms with Crippen molar-refractivity contribution < 1.29 is 19.3 Å². The van der Waals surface area contributed by atoms with E-state index in [0.29, 0.717) is 11.5 Å². The molecule has 4 nitrogen and oxygen atoms in total. The molecule has 1 aromatic rings. The van der Waals surface area contributed by atoms with Gasteiger partial charge in [0.25, 0.3) is 0 Å². The van der Waals surface area contributed by atoms with E-state index in [1.807, 2.05) is 0 Å². The SMILES string of the molecule is COCOc1ccc([C@@H](C)O)cc1OC. The van der Waals surface area contributed by atoms with Crippen molar-refractivity contribution in [3.8, 4) is 11.5 Å². The molecule has 0 aliphatic carbocycles. The van der Waals surface area contributed by atoms with Crippen molar-refractivity contribution in [2.45, 2.75) is 13.0 Å². The largest absolute Gasteiger partial charge is 0.493 e. The van der Waals surface area contributed by atoms with Crippen LogP contribution >= 0.6 is 0 Å². The van der Waals surface area contributed by atoms with E-state index in [0.717, 1.165) is 5.56 Å². The van der Waals surface area contributed by atoms with Crippen molar-refractivity contribution in [2.24, 2.45) is 0 Å². The van der Waals surface area contributed by atoms with Crippen molar-refractivity contribution in [3.05, 3.63) is 23.8 Å². The molecule has 0 amide bonds. The monoisotopic (exact) mass is 212 g/mol. The van der Waals surface area contributed by atoms with Gasteiger partial charge in [0.15, 0.2) is 18.3 Å². The molecule has 0 aliphatic rings. The molecule has 1 atom stereocenters. The van der Waals surface area contributed by atoms with Crippen molar-refractivity contribution in [2.75, 3.05) is 21.0 Å². The molecule has 84 valence electrons. The second-order valence-corrected chi connectivity index (χ2v) is 3.14. The normalized spacial score (nSPS) is 12.3. The van der Waals surface area contributed by atoms with Crippen LogP contribution in [-0.2, 0) is 4.74 Å². The van der Waals surface area contributed by atoms with E-state index in [1.54, 1.807) is 39.3 Å². The number of aliphatic hydroxyl groups excluding tert-OH is 1. The van der Waals surface area contributed by atoms with Crippen LogP contribution in [0.15, 0.2) is 18.2 Å². The molecular weight excluding hydrogens is 196 g/mol. The summed E-state index contributed by atoms with van der Waals surface area (Å²) in [7, 11) is 3.11. The maximum absolute atomic E-state index is 9.39. The van der Waals surface area contributed by atoms with Crippen LogP contribution in [0.4, 0.5) is 0 Å². The molecule has 0 bridgehead atoms. The number of hydrogen-bond acceptors (Lipinski definition) is 4. The summed E-state index contributed by atoms with van der Waals surface area (Å²) < 4.78 is 15.2. The van der Waals surface area contributed by atoms with E-state index in [1.165, 1.54) is 0 Å². The van der Waals surface area contributed by atoms with Gasteiger partial charge in [-0.15, -0.1) is 0 Å². The Morgan fingerprint density at radius 2 is 2.00 bits per heavy atom. The first-order valence-electron chi connectivity index (χ1n) is 4.66. The second-order valence-electron chi connectivity index (χ2n) is 3.14. The number of methoxy groups -OCH3 is 2. The average molecular weight is 212 g/mol. The summed E-state index contributed by atoms with van der Waals surface area (Å²) in [4.78, 5) is 0. The highest BCUT2D eigenvalue weighted by Gasteiger charge is 2.08. The van der Waals surface area contributed by atoms with Crippen LogP contribution in [0.25, 0.3) is 0 Å². The summed E-state index contributed by atoms with van der Waals surface area (Å²) >= 11 is 0. The first-order chi connectivity index (χ1) is 7.19. The van der Waals surface area contributed by atoms with Gasteiger partial charge in [0.2, 0.25) is 0 Å². The van der Waals surface area contributed by atoms with Crippen molar-refractivity contribution in [1.82, 2.24) is 0 Å². The molecule has 0 saturated carbocycles. The molecule has 15 heavy (non-hydrogen) atoms. The Morgan fingerprint density at radius 3 is 2.53 bits per heavy atom. The van der Waals surface area contributed by atoms with Crippen LogP contribution < -0.4 is 9.47 Å². The molecular formula is C11H16O4. The molecule has 1 aromatic carbocycles. The van der Waals surface area contributed by atoms with E-state index >= 15 is 0 Å².